The van der Waals surface area contributed by atoms with E-state index in [1.54, 1.807) is 12.1 Å². The zero-order valence-electron chi connectivity index (χ0n) is 9.73. The van der Waals surface area contributed by atoms with Crippen LogP contribution in [-0.2, 0) is 11.3 Å². The third-order valence-corrected chi connectivity index (χ3v) is 4.06. The zero-order chi connectivity index (χ0) is 11.8. The number of fused-ring (bicyclic) bond motifs is 1. The maximum absolute atomic E-state index is 11.9. The van der Waals surface area contributed by atoms with Crippen molar-refractivity contribution in [1.29, 1.82) is 0 Å². The molecule has 1 aromatic rings. The van der Waals surface area contributed by atoms with Crippen LogP contribution in [0.15, 0.2) is 24.3 Å². The summed E-state index contributed by atoms with van der Waals surface area (Å²) in [4.78, 5) is 11.9. The molecule has 0 radical (unpaired) electrons. The Hall–Kier alpha value is -1.51. The van der Waals surface area contributed by atoms with Crippen molar-refractivity contribution in [1.82, 2.24) is 5.32 Å². The van der Waals surface area contributed by atoms with Gasteiger partial charge in [0, 0.05) is 18.0 Å². The minimum Gasteiger partial charge on any atom is -0.508 e. The van der Waals surface area contributed by atoms with Crippen molar-refractivity contribution in [2.24, 2.45) is 17.8 Å². The van der Waals surface area contributed by atoms with Crippen LogP contribution in [0.1, 0.15) is 24.8 Å². The number of carbonyl (C=O) groups excluding carboxylic acids is 1. The average Bonchev–Trinajstić information content (AvgIpc) is 2.95. The molecule has 2 saturated carbocycles. The van der Waals surface area contributed by atoms with Crippen LogP contribution < -0.4 is 5.32 Å². The lowest BCUT2D eigenvalue weighted by Crippen LogP contribution is -2.29. The van der Waals surface area contributed by atoms with E-state index in [9.17, 15) is 9.90 Å². The van der Waals surface area contributed by atoms with Gasteiger partial charge in [-0.1, -0.05) is 18.2 Å². The minimum absolute atomic E-state index is 0.153. The summed E-state index contributed by atoms with van der Waals surface area (Å²) in [6, 6.07) is 7.13. The van der Waals surface area contributed by atoms with E-state index in [1.165, 1.54) is 6.42 Å². The van der Waals surface area contributed by atoms with Gasteiger partial charge in [-0.2, -0.15) is 0 Å². The Labute approximate surface area is 101 Å². The Morgan fingerprint density at radius 2 is 1.94 bits per heavy atom. The fourth-order valence-corrected chi connectivity index (χ4v) is 2.92. The Bertz CT molecular complexity index is 434. The molecule has 0 heterocycles. The Balaban J connectivity index is 1.54. The van der Waals surface area contributed by atoms with Gasteiger partial charge in [0.15, 0.2) is 0 Å². The van der Waals surface area contributed by atoms with Gasteiger partial charge in [0.05, 0.1) is 0 Å². The van der Waals surface area contributed by atoms with Crippen molar-refractivity contribution < 1.29 is 9.90 Å². The first-order chi connectivity index (χ1) is 8.24. The highest BCUT2D eigenvalue weighted by molar-refractivity contribution is 5.79. The molecule has 2 atom stereocenters. The summed E-state index contributed by atoms with van der Waals surface area (Å²) >= 11 is 0. The first kappa shape index (κ1) is 10.6. The number of aromatic hydroxyl groups is 1. The lowest BCUT2D eigenvalue weighted by molar-refractivity contribution is -0.125. The molecule has 2 aliphatic carbocycles. The van der Waals surface area contributed by atoms with Crippen molar-refractivity contribution in [2.45, 2.75) is 25.8 Å². The van der Waals surface area contributed by atoms with Crippen LogP contribution in [0.5, 0.6) is 5.75 Å². The van der Waals surface area contributed by atoms with E-state index in [-0.39, 0.29) is 17.6 Å². The second-order valence-electron chi connectivity index (χ2n) is 5.27. The standard InChI is InChI=1S/C14H17NO2/c16-13-4-2-1-3-9(13)8-15-14(17)12-6-10-5-11(10)7-12/h1-4,10-12,16H,5-8H2,(H,15,17). The zero-order valence-corrected chi connectivity index (χ0v) is 9.73. The number of rotatable bonds is 3. The molecule has 0 bridgehead atoms. The normalized spacial score (nSPS) is 29.8. The summed E-state index contributed by atoms with van der Waals surface area (Å²) in [5.41, 5.74) is 0.781. The molecular formula is C14H17NO2. The number of carbonyl (C=O) groups is 1. The molecular weight excluding hydrogens is 214 g/mol. The van der Waals surface area contributed by atoms with Crippen molar-refractivity contribution in [2.75, 3.05) is 0 Å². The van der Waals surface area contributed by atoms with E-state index in [0.717, 1.165) is 30.2 Å². The molecule has 2 N–H and O–H groups in total. The number of phenolic OH excluding ortho intramolecular Hbond substituents is 1. The van der Waals surface area contributed by atoms with Gasteiger partial charge in [0.1, 0.15) is 5.75 Å². The van der Waals surface area contributed by atoms with E-state index < -0.39 is 0 Å². The van der Waals surface area contributed by atoms with E-state index in [0.29, 0.717) is 6.54 Å². The van der Waals surface area contributed by atoms with Gasteiger partial charge in [0.25, 0.3) is 0 Å². The first-order valence-corrected chi connectivity index (χ1v) is 6.28. The smallest absolute Gasteiger partial charge is 0.223 e. The fraction of sp³-hybridized carbons (Fsp3) is 0.500. The molecule has 1 amide bonds. The summed E-state index contributed by atoms with van der Waals surface area (Å²) in [6.45, 7) is 0.428. The van der Waals surface area contributed by atoms with Crippen molar-refractivity contribution in [3.05, 3.63) is 29.8 Å². The number of amides is 1. The van der Waals surface area contributed by atoms with Crippen LogP contribution in [-0.4, -0.2) is 11.0 Å². The lowest BCUT2D eigenvalue weighted by atomic mass is 10.0. The third kappa shape index (κ3) is 2.14. The quantitative estimate of drug-likeness (QED) is 0.836. The van der Waals surface area contributed by atoms with Crippen molar-refractivity contribution in [3.8, 4) is 5.75 Å². The van der Waals surface area contributed by atoms with Gasteiger partial charge in [-0.25, -0.2) is 0 Å². The highest BCUT2D eigenvalue weighted by Crippen LogP contribution is 2.54. The molecule has 3 rings (SSSR count). The number of benzene rings is 1. The average molecular weight is 231 g/mol. The van der Waals surface area contributed by atoms with E-state index in [1.807, 2.05) is 12.1 Å². The van der Waals surface area contributed by atoms with E-state index in [2.05, 4.69) is 5.32 Å². The van der Waals surface area contributed by atoms with Gasteiger partial charge in [-0.15, -0.1) is 0 Å². The van der Waals surface area contributed by atoms with E-state index in [4.69, 9.17) is 0 Å². The van der Waals surface area contributed by atoms with Crippen LogP contribution in [0.25, 0.3) is 0 Å². The topological polar surface area (TPSA) is 49.3 Å². The SMILES string of the molecule is O=C(NCc1ccccc1O)C1CC2CC2C1. The van der Waals surface area contributed by atoms with Gasteiger partial charge >= 0.3 is 0 Å². The second kappa shape index (κ2) is 4.06. The second-order valence-corrected chi connectivity index (χ2v) is 5.27. The minimum atomic E-state index is 0.153. The van der Waals surface area contributed by atoms with Crippen LogP contribution in [0.4, 0.5) is 0 Å². The maximum Gasteiger partial charge on any atom is 0.223 e. The van der Waals surface area contributed by atoms with Crippen LogP contribution in [0.2, 0.25) is 0 Å². The predicted molar refractivity (Wildman–Crippen MR) is 64.3 cm³/mol. The Morgan fingerprint density at radius 3 is 2.65 bits per heavy atom. The lowest BCUT2D eigenvalue weighted by Gasteiger charge is -2.12. The predicted octanol–water partition coefficient (Wildman–Crippen LogP) is 2.05. The largest absolute Gasteiger partial charge is 0.508 e. The molecule has 2 fully saturated rings. The van der Waals surface area contributed by atoms with Gasteiger partial charge < -0.3 is 10.4 Å². The number of hydrogen-bond donors (Lipinski definition) is 2. The van der Waals surface area contributed by atoms with Gasteiger partial charge in [-0.3, -0.25) is 4.79 Å². The highest BCUT2D eigenvalue weighted by atomic mass is 16.3. The number of hydrogen-bond acceptors (Lipinski definition) is 2. The van der Waals surface area contributed by atoms with Crippen molar-refractivity contribution in [3.63, 3.8) is 0 Å². The van der Waals surface area contributed by atoms with Crippen molar-refractivity contribution >= 4 is 5.91 Å². The maximum atomic E-state index is 11.9. The number of phenols is 1. The van der Waals surface area contributed by atoms with Crippen LogP contribution in [0, 0.1) is 17.8 Å². The number of nitrogens with one attached hydrogen (secondary N) is 1. The molecule has 0 saturated heterocycles. The summed E-state index contributed by atoms with van der Waals surface area (Å²) in [5, 5.41) is 12.5. The molecule has 0 aliphatic heterocycles. The highest BCUT2D eigenvalue weighted by Gasteiger charge is 2.47. The van der Waals surface area contributed by atoms with Crippen LogP contribution in [0.3, 0.4) is 0 Å². The molecule has 0 aromatic heterocycles. The molecule has 0 spiro atoms. The molecule has 2 aliphatic rings. The molecule has 17 heavy (non-hydrogen) atoms. The molecule has 3 heteroatoms. The molecule has 90 valence electrons. The van der Waals surface area contributed by atoms with Gasteiger partial charge in [0.2, 0.25) is 5.91 Å². The Morgan fingerprint density at radius 1 is 1.24 bits per heavy atom. The van der Waals surface area contributed by atoms with E-state index >= 15 is 0 Å². The Kier molecular flexibility index (Phi) is 2.54. The summed E-state index contributed by atoms with van der Waals surface area (Å²) < 4.78 is 0. The first-order valence-electron chi connectivity index (χ1n) is 6.28. The summed E-state index contributed by atoms with van der Waals surface area (Å²) in [6.07, 6.45) is 3.47. The summed E-state index contributed by atoms with van der Waals surface area (Å²) in [5.74, 6) is 2.28. The monoisotopic (exact) mass is 231 g/mol. The molecule has 2 unspecified atom stereocenters. The fourth-order valence-electron chi connectivity index (χ4n) is 2.92. The van der Waals surface area contributed by atoms with Crippen LogP contribution >= 0.6 is 0 Å². The third-order valence-electron chi connectivity index (χ3n) is 4.06. The number of para-hydroxylation sites is 1. The molecule has 3 nitrogen and oxygen atoms in total. The molecule has 1 aromatic carbocycles. The summed E-state index contributed by atoms with van der Waals surface area (Å²) in [7, 11) is 0. The van der Waals surface area contributed by atoms with Gasteiger partial charge in [-0.05, 0) is 37.2 Å².